The van der Waals surface area contributed by atoms with Crippen LogP contribution in [0.4, 0.5) is 0 Å². The zero-order valence-corrected chi connectivity index (χ0v) is 9.50. The van der Waals surface area contributed by atoms with Gasteiger partial charge in [0.25, 0.3) is 0 Å². The maximum absolute atomic E-state index is 5.13. The van der Waals surface area contributed by atoms with Crippen LogP contribution in [-0.2, 0) is 0 Å². The summed E-state index contributed by atoms with van der Waals surface area (Å²) in [5, 5.41) is 5.66. The predicted octanol–water partition coefficient (Wildman–Crippen LogP) is 3.03. The summed E-state index contributed by atoms with van der Waals surface area (Å²) in [6, 6.07) is 15.9. The number of rotatable bonds is 2. The van der Waals surface area contributed by atoms with Gasteiger partial charge in [-0.05, 0) is 30.3 Å². The molecule has 0 atom stereocenters. The molecule has 0 amide bonds. The lowest BCUT2D eigenvalue weighted by atomic mass is 10.3. The first-order valence-electron chi connectivity index (χ1n) is 5.46. The van der Waals surface area contributed by atoms with E-state index in [1.165, 1.54) is 0 Å². The lowest BCUT2D eigenvalue weighted by Gasteiger charge is -2.02. The fourth-order valence-electron chi connectivity index (χ4n) is 1.83. The Morgan fingerprint density at radius 2 is 1.76 bits per heavy atom. The first-order valence-corrected chi connectivity index (χ1v) is 5.46. The van der Waals surface area contributed by atoms with Crippen molar-refractivity contribution in [2.24, 2.45) is 0 Å². The fourth-order valence-corrected chi connectivity index (χ4v) is 1.83. The maximum atomic E-state index is 5.13. The largest absolute Gasteiger partial charge is 0.497 e. The minimum atomic E-state index is 0.852. The number of fused-ring (bicyclic) bond motifs is 1. The molecule has 0 radical (unpaired) electrons. The summed E-state index contributed by atoms with van der Waals surface area (Å²) in [6.45, 7) is 0. The van der Waals surface area contributed by atoms with Crippen molar-refractivity contribution >= 4 is 10.9 Å². The van der Waals surface area contributed by atoms with E-state index in [0.29, 0.717) is 0 Å². The topological polar surface area (TPSA) is 27.1 Å². The normalized spacial score (nSPS) is 10.6. The zero-order valence-electron chi connectivity index (χ0n) is 9.50. The molecule has 0 fully saturated rings. The van der Waals surface area contributed by atoms with Gasteiger partial charge in [-0.15, -0.1) is 0 Å². The molecule has 0 aliphatic rings. The van der Waals surface area contributed by atoms with E-state index in [1.54, 1.807) is 7.11 Å². The van der Waals surface area contributed by atoms with Crippen molar-refractivity contribution in [1.29, 1.82) is 0 Å². The van der Waals surface area contributed by atoms with Crippen molar-refractivity contribution in [3.8, 4) is 11.4 Å². The summed E-state index contributed by atoms with van der Waals surface area (Å²) in [6.07, 6.45) is 2.02. The summed E-state index contributed by atoms with van der Waals surface area (Å²) in [7, 11) is 1.66. The summed E-state index contributed by atoms with van der Waals surface area (Å²) >= 11 is 0. The van der Waals surface area contributed by atoms with E-state index in [9.17, 15) is 0 Å². The van der Waals surface area contributed by atoms with E-state index >= 15 is 0 Å². The minimum Gasteiger partial charge on any atom is -0.497 e. The van der Waals surface area contributed by atoms with Crippen molar-refractivity contribution in [2.75, 3.05) is 7.11 Å². The summed E-state index contributed by atoms with van der Waals surface area (Å²) in [5.74, 6) is 0.852. The van der Waals surface area contributed by atoms with Crippen LogP contribution in [0.1, 0.15) is 0 Å². The smallest absolute Gasteiger partial charge is 0.119 e. The van der Waals surface area contributed by atoms with Gasteiger partial charge >= 0.3 is 0 Å². The van der Waals surface area contributed by atoms with Gasteiger partial charge in [0.05, 0.1) is 18.3 Å². The average molecular weight is 224 g/mol. The van der Waals surface area contributed by atoms with Crippen molar-refractivity contribution in [2.45, 2.75) is 0 Å². The first kappa shape index (κ1) is 9.90. The van der Waals surface area contributed by atoms with Crippen molar-refractivity contribution in [1.82, 2.24) is 9.78 Å². The predicted molar refractivity (Wildman–Crippen MR) is 67.6 cm³/mol. The van der Waals surface area contributed by atoms with Gasteiger partial charge in [0.2, 0.25) is 0 Å². The monoisotopic (exact) mass is 224 g/mol. The van der Waals surface area contributed by atoms with Gasteiger partial charge in [0.15, 0.2) is 0 Å². The Labute approximate surface area is 99.3 Å². The van der Waals surface area contributed by atoms with Crippen LogP contribution >= 0.6 is 0 Å². The summed E-state index contributed by atoms with van der Waals surface area (Å²) < 4.78 is 7.01. The Bertz CT molecular complexity index is 608. The molecule has 0 saturated heterocycles. The number of benzene rings is 2. The molecule has 3 heteroatoms. The molecule has 0 aliphatic carbocycles. The van der Waals surface area contributed by atoms with Gasteiger partial charge in [0.1, 0.15) is 5.75 Å². The third-order valence-electron chi connectivity index (χ3n) is 2.75. The Kier molecular flexibility index (Phi) is 2.29. The van der Waals surface area contributed by atoms with Gasteiger partial charge in [-0.3, -0.25) is 0 Å². The van der Waals surface area contributed by atoms with Crippen LogP contribution in [0.2, 0.25) is 0 Å². The molecule has 84 valence electrons. The van der Waals surface area contributed by atoms with Crippen LogP contribution in [0.3, 0.4) is 0 Å². The SMILES string of the molecule is COc1ccc(-n2cc3ccccc3n2)cc1. The highest BCUT2D eigenvalue weighted by atomic mass is 16.5. The number of hydrogen-bond donors (Lipinski definition) is 0. The Morgan fingerprint density at radius 3 is 2.47 bits per heavy atom. The van der Waals surface area contributed by atoms with Crippen molar-refractivity contribution in [3.63, 3.8) is 0 Å². The second-order valence-electron chi connectivity index (χ2n) is 3.83. The molecule has 0 unspecified atom stereocenters. The molecule has 0 N–H and O–H groups in total. The highest BCUT2D eigenvalue weighted by Gasteiger charge is 2.01. The van der Waals surface area contributed by atoms with Gasteiger partial charge in [0, 0.05) is 11.6 Å². The van der Waals surface area contributed by atoms with Gasteiger partial charge in [-0.2, -0.15) is 5.10 Å². The molecule has 3 nitrogen and oxygen atoms in total. The number of nitrogens with zero attached hydrogens (tertiary/aromatic N) is 2. The van der Waals surface area contributed by atoms with Crippen molar-refractivity contribution < 1.29 is 4.74 Å². The Morgan fingerprint density at radius 1 is 1.00 bits per heavy atom. The average Bonchev–Trinajstić information content (AvgIpc) is 2.82. The molecular formula is C14H12N2O. The molecule has 0 bridgehead atoms. The van der Waals surface area contributed by atoms with Crippen LogP contribution < -0.4 is 4.74 Å². The quantitative estimate of drug-likeness (QED) is 0.669. The van der Waals surface area contributed by atoms with E-state index in [2.05, 4.69) is 11.2 Å². The number of ether oxygens (including phenoxy) is 1. The highest BCUT2D eigenvalue weighted by molar-refractivity contribution is 5.78. The molecule has 1 aromatic heterocycles. The van der Waals surface area contributed by atoms with Gasteiger partial charge < -0.3 is 4.74 Å². The van der Waals surface area contributed by atoms with E-state index < -0.39 is 0 Å². The lowest BCUT2D eigenvalue weighted by Crippen LogP contribution is -1.93. The van der Waals surface area contributed by atoms with Crippen LogP contribution in [0.5, 0.6) is 5.75 Å². The van der Waals surface area contributed by atoms with E-state index in [1.807, 2.05) is 53.3 Å². The van der Waals surface area contributed by atoms with Gasteiger partial charge in [-0.25, -0.2) is 4.68 Å². The molecule has 1 heterocycles. The standard InChI is InChI=1S/C14H12N2O/c1-17-13-8-6-12(7-9-13)16-10-11-4-2-3-5-14(11)15-16/h2-10H,1H3. The molecule has 2 aromatic carbocycles. The van der Waals surface area contributed by atoms with E-state index in [-0.39, 0.29) is 0 Å². The highest BCUT2D eigenvalue weighted by Crippen LogP contribution is 2.17. The van der Waals surface area contributed by atoms with Crippen molar-refractivity contribution in [3.05, 3.63) is 54.7 Å². The molecule has 3 aromatic rings. The second kappa shape index (κ2) is 3.94. The minimum absolute atomic E-state index is 0.852. The third kappa shape index (κ3) is 1.76. The third-order valence-corrected chi connectivity index (χ3v) is 2.75. The van der Waals surface area contributed by atoms with E-state index in [0.717, 1.165) is 22.3 Å². The number of hydrogen-bond acceptors (Lipinski definition) is 2. The molecule has 17 heavy (non-hydrogen) atoms. The zero-order chi connectivity index (χ0) is 11.7. The number of methoxy groups -OCH3 is 1. The van der Waals surface area contributed by atoms with Crippen LogP contribution in [0, 0.1) is 0 Å². The first-order chi connectivity index (χ1) is 8.36. The molecule has 0 aliphatic heterocycles. The van der Waals surface area contributed by atoms with E-state index in [4.69, 9.17) is 4.74 Å². The van der Waals surface area contributed by atoms with Crippen LogP contribution in [0.15, 0.2) is 54.7 Å². The molecule has 0 saturated carbocycles. The van der Waals surface area contributed by atoms with Crippen LogP contribution in [0.25, 0.3) is 16.6 Å². The second-order valence-corrected chi connectivity index (χ2v) is 3.83. The summed E-state index contributed by atoms with van der Waals surface area (Å²) in [5.41, 5.74) is 2.03. The number of aromatic nitrogens is 2. The fraction of sp³-hybridized carbons (Fsp3) is 0.0714. The molecule has 3 rings (SSSR count). The Balaban J connectivity index is 2.07. The van der Waals surface area contributed by atoms with Crippen LogP contribution in [-0.4, -0.2) is 16.9 Å². The molecule has 0 spiro atoms. The maximum Gasteiger partial charge on any atom is 0.119 e. The van der Waals surface area contributed by atoms with Gasteiger partial charge in [-0.1, -0.05) is 18.2 Å². The lowest BCUT2D eigenvalue weighted by molar-refractivity contribution is 0.414. The molecular weight excluding hydrogens is 212 g/mol. The Hall–Kier alpha value is -2.29. The summed E-state index contributed by atoms with van der Waals surface area (Å²) in [4.78, 5) is 0.